The molecule has 1 aromatic rings. The Labute approximate surface area is 128 Å². The van der Waals surface area contributed by atoms with Crippen molar-refractivity contribution in [3.8, 4) is 0 Å². The Balaban J connectivity index is 2.34. The molecule has 0 radical (unpaired) electrons. The molecule has 0 aliphatic heterocycles. The maximum absolute atomic E-state index is 3.87. The van der Waals surface area contributed by atoms with E-state index < -0.39 is 0 Å². The first-order valence-electron chi connectivity index (χ1n) is 8.06. The van der Waals surface area contributed by atoms with Gasteiger partial charge in [-0.3, -0.25) is 0 Å². The maximum atomic E-state index is 3.87. The van der Waals surface area contributed by atoms with Gasteiger partial charge in [0.2, 0.25) is 0 Å². The molecule has 3 heteroatoms. The molecule has 1 aliphatic rings. The van der Waals surface area contributed by atoms with Crippen LogP contribution in [-0.2, 0) is 0 Å². The van der Waals surface area contributed by atoms with E-state index in [-0.39, 0.29) is 0 Å². The summed E-state index contributed by atoms with van der Waals surface area (Å²) in [5.74, 6) is 0. The van der Waals surface area contributed by atoms with Crippen LogP contribution in [0.3, 0.4) is 0 Å². The first-order chi connectivity index (χ1) is 9.62. The van der Waals surface area contributed by atoms with Crippen LogP contribution < -0.4 is 5.32 Å². The SMILES string of the molecule is CCCNC(c1ccsc1C)C1(N(C)C)CCCCC1. The lowest BCUT2D eigenvalue weighted by atomic mass is 9.73. The molecule has 1 aliphatic carbocycles. The van der Waals surface area contributed by atoms with Gasteiger partial charge in [-0.25, -0.2) is 0 Å². The van der Waals surface area contributed by atoms with Crippen molar-refractivity contribution < 1.29 is 0 Å². The first kappa shape index (κ1) is 16.0. The molecule has 1 N–H and O–H groups in total. The second-order valence-electron chi connectivity index (χ2n) is 6.38. The van der Waals surface area contributed by atoms with Crippen LogP contribution in [0.15, 0.2) is 11.4 Å². The van der Waals surface area contributed by atoms with Gasteiger partial charge in [0.05, 0.1) is 6.04 Å². The van der Waals surface area contributed by atoms with E-state index in [4.69, 9.17) is 0 Å². The fourth-order valence-corrected chi connectivity index (χ4v) is 4.47. The van der Waals surface area contributed by atoms with Crippen molar-refractivity contribution in [2.24, 2.45) is 0 Å². The number of nitrogens with one attached hydrogen (secondary N) is 1. The van der Waals surface area contributed by atoms with Gasteiger partial charge in [0.1, 0.15) is 0 Å². The molecule has 1 aromatic heterocycles. The van der Waals surface area contributed by atoms with Crippen molar-refractivity contribution in [2.75, 3.05) is 20.6 Å². The van der Waals surface area contributed by atoms with Crippen molar-refractivity contribution in [2.45, 2.75) is 64.0 Å². The van der Waals surface area contributed by atoms with E-state index >= 15 is 0 Å². The Hall–Kier alpha value is -0.380. The number of hydrogen-bond donors (Lipinski definition) is 1. The highest BCUT2D eigenvalue weighted by Gasteiger charge is 2.42. The highest BCUT2D eigenvalue weighted by atomic mass is 32.1. The molecule has 114 valence electrons. The second-order valence-corrected chi connectivity index (χ2v) is 7.50. The molecule has 20 heavy (non-hydrogen) atoms. The van der Waals surface area contributed by atoms with Crippen LogP contribution in [0.25, 0.3) is 0 Å². The number of rotatable bonds is 6. The molecule has 0 aromatic carbocycles. The van der Waals surface area contributed by atoms with E-state index in [0.717, 1.165) is 6.54 Å². The zero-order valence-electron chi connectivity index (χ0n) is 13.5. The minimum atomic E-state index is 0.291. The molecule has 2 nitrogen and oxygen atoms in total. The molecule has 1 saturated carbocycles. The third-order valence-corrected chi connectivity index (χ3v) is 5.82. The average molecular weight is 295 g/mol. The van der Waals surface area contributed by atoms with Crippen LogP contribution in [0.2, 0.25) is 0 Å². The normalized spacial score (nSPS) is 20.2. The van der Waals surface area contributed by atoms with E-state index in [1.54, 1.807) is 0 Å². The summed E-state index contributed by atoms with van der Waals surface area (Å²) in [5.41, 5.74) is 1.82. The van der Waals surface area contributed by atoms with Gasteiger partial charge < -0.3 is 10.2 Å². The van der Waals surface area contributed by atoms with Crippen LogP contribution in [0.5, 0.6) is 0 Å². The molecular weight excluding hydrogens is 264 g/mol. The number of likely N-dealkylation sites (N-methyl/N-ethyl adjacent to an activating group) is 1. The summed E-state index contributed by atoms with van der Waals surface area (Å²) in [6.45, 7) is 5.64. The number of nitrogens with zero attached hydrogens (tertiary/aromatic N) is 1. The quantitative estimate of drug-likeness (QED) is 0.838. The van der Waals surface area contributed by atoms with Crippen LogP contribution in [0.1, 0.15) is 61.9 Å². The van der Waals surface area contributed by atoms with E-state index in [2.05, 4.69) is 49.6 Å². The van der Waals surface area contributed by atoms with Gasteiger partial charge in [-0.1, -0.05) is 26.2 Å². The third-order valence-electron chi connectivity index (χ3n) is 4.96. The Morgan fingerprint density at radius 1 is 1.30 bits per heavy atom. The lowest BCUT2D eigenvalue weighted by molar-refractivity contribution is 0.0564. The lowest BCUT2D eigenvalue weighted by Gasteiger charge is -2.49. The average Bonchev–Trinajstić information content (AvgIpc) is 2.86. The Bertz CT molecular complexity index is 405. The summed E-state index contributed by atoms with van der Waals surface area (Å²) in [6.07, 6.45) is 7.96. The fourth-order valence-electron chi connectivity index (χ4n) is 3.73. The third kappa shape index (κ3) is 3.10. The highest BCUT2D eigenvalue weighted by Crippen LogP contribution is 2.43. The predicted octanol–water partition coefficient (Wildman–Crippen LogP) is 4.36. The van der Waals surface area contributed by atoms with E-state index in [9.17, 15) is 0 Å². The second kappa shape index (κ2) is 7.06. The molecule has 0 spiro atoms. The smallest absolute Gasteiger partial charge is 0.0517 e. The van der Waals surface area contributed by atoms with Crippen molar-refractivity contribution in [1.29, 1.82) is 0 Å². The molecule has 1 atom stereocenters. The maximum Gasteiger partial charge on any atom is 0.0517 e. The van der Waals surface area contributed by atoms with Gasteiger partial charge in [0.25, 0.3) is 0 Å². The van der Waals surface area contributed by atoms with Crippen molar-refractivity contribution in [3.63, 3.8) is 0 Å². The van der Waals surface area contributed by atoms with E-state index in [0.29, 0.717) is 11.6 Å². The lowest BCUT2D eigenvalue weighted by Crippen LogP contribution is -2.55. The van der Waals surface area contributed by atoms with Gasteiger partial charge in [0.15, 0.2) is 0 Å². The van der Waals surface area contributed by atoms with E-state index in [1.807, 2.05) is 11.3 Å². The first-order valence-corrected chi connectivity index (χ1v) is 8.94. The zero-order chi connectivity index (χ0) is 14.6. The Kier molecular flexibility index (Phi) is 5.65. The van der Waals surface area contributed by atoms with Gasteiger partial charge in [-0.05, 0) is 63.8 Å². The topological polar surface area (TPSA) is 15.3 Å². The van der Waals surface area contributed by atoms with Crippen molar-refractivity contribution in [3.05, 3.63) is 21.9 Å². The van der Waals surface area contributed by atoms with E-state index in [1.165, 1.54) is 49.0 Å². The summed E-state index contributed by atoms with van der Waals surface area (Å²) < 4.78 is 0. The summed E-state index contributed by atoms with van der Waals surface area (Å²) in [7, 11) is 4.54. The Morgan fingerprint density at radius 3 is 2.50 bits per heavy atom. The largest absolute Gasteiger partial charge is 0.308 e. The molecule has 2 rings (SSSR count). The minimum Gasteiger partial charge on any atom is -0.308 e. The summed E-state index contributed by atoms with van der Waals surface area (Å²) >= 11 is 1.88. The summed E-state index contributed by atoms with van der Waals surface area (Å²) in [4.78, 5) is 3.97. The zero-order valence-corrected chi connectivity index (χ0v) is 14.4. The molecule has 0 saturated heterocycles. The van der Waals surface area contributed by atoms with Crippen molar-refractivity contribution in [1.82, 2.24) is 10.2 Å². The monoisotopic (exact) mass is 294 g/mol. The molecule has 1 fully saturated rings. The van der Waals surface area contributed by atoms with Crippen LogP contribution in [0, 0.1) is 6.92 Å². The molecule has 1 unspecified atom stereocenters. The van der Waals surface area contributed by atoms with Gasteiger partial charge in [-0.15, -0.1) is 11.3 Å². The number of aryl methyl sites for hydroxylation is 1. The van der Waals surface area contributed by atoms with Gasteiger partial charge in [0, 0.05) is 10.4 Å². The standard InChI is InChI=1S/C17H30N2S/c1-5-12-18-16(15-9-13-20-14(15)2)17(19(3)4)10-7-6-8-11-17/h9,13,16,18H,5-8,10-12H2,1-4H3. The fraction of sp³-hybridized carbons (Fsp3) is 0.765. The molecule has 0 bridgehead atoms. The Morgan fingerprint density at radius 2 is 2.00 bits per heavy atom. The number of thiophene rings is 1. The summed E-state index contributed by atoms with van der Waals surface area (Å²) in [6, 6.07) is 2.82. The molecule has 1 heterocycles. The predicted molar refractivity (Wildman–Crippen MR) is 89.6 cm³/mol. The van der Waals surface area contributed by atoms with Gasteiger partial charge in [-0.2, -0.15) is 0 Å². The minimum absolute atomic E-state index is 0.291. The van der Waals surface area contributed by atoms with Gasteiger partial charge >= 0.3 is 0 Å². The van der Waals surface area contributed by atoms with Crippen LogP contribution >= 0.6 is 11.3 Å². The van der Waals surface area contributed by atoms with Crippen LogP contribution in [0.4, 0.5) is 0 Å². The summed E-state index contributed by atoms with van der Waals surface area (Å²) in [5, 5.41) is 6.12. The molecule has 0 amide bonds. The molecular formula is C17H30N2S. The van der Waals surface area contributed by atoms with Crippen LogP contribution in [-0.4, -0.2) is 31.1 Å². The van der Waals surface area contributed by atoms with Crippen molar-refractivity contribution >= 4 is 11.3 Å². The number of hydrogen-bond acceptors (Lipinski definition) is 3. The highest BCUT2D eigenvalue weighted by molar-refractivity contribution is 7.10.